The van der Waals surface area contributed by atoms with Gasteiger partial charge >= 0.3 is 11.6 Å². The van der Waals surface area contributed by atoms with Crippen molar-refractivity contribution in [3.63, 3.8) is 0 Å². The summed E-state index contributed by atoms with van der Waals surface area (Å²) in [4.78, 5) is 30.5. The summed E-state index contributed by atoms with van der Waals surface area (Å²) < 4.78 is 5.69. The van der Waals surface area contributed by atoms with Crippen LogP contribution in [0.4, 0.5) is 17.2 Å². The third-order valence-electron chi connectivity index (χ3n) is 3.91. The predicted molar refractivity (Wildman–Crippen MR) is 104 cm³/mol. The lowest BCUT2D eigenvalue weighted by atomic mass is 10.1. The summed E-state index contributed by atoms with van der Waals surface area (Å²) in [7, 11) is 0. The molecule has 0 fully saturated rings. The zero-order valence-electron chi connectivity index (χ0n) is 15.6. The van der Waals surface area contributed by atoms with Crippen LogP contribution in [0.2, 0.25) is 0 Å². The fourth-order valence-electron chi connectivity index (χ4n) is 2.75. The van der Waals surface area contributed by atoms with Crippen LogP contribution in [0.25, 0.3) is 0 Å². The van der Waals surface area contributed by atoms with Gasteiger partial charge in [0.15, 0.2) is 5.78 Å². The molecule has 8 nitrogen and oxygen atoms in total. The number of ether oxygens (including phenoxy) is 1. The Labute approximate surface area is 161 Å². The van der Waals surface area contributed by atoms with Crippen molar-refractivity contribution in [1.29, 1.82) is 0 Å². The number of benzene rings is 2. The van der Waals surface area contributed by atoms with Gasteiger partial charge in [-0.25, -0.2) is 4.98 Å². The largest absolute Gasteiger partial charge is 0.434 e. The van der Waals surface area contributed by atoms with Crippen molar-refractivity contribution in [3.8, 4) is 11.6 Å². The number of hydrogen-bond donors (Lipinski definition) is 1. The highest BCUT2D eigenvalue weighted by Crippen LogP contribution is 2.35. The van der Waals surface area contributed by atoms with Crippen molar-refractivity contribution in [2.24, 2.45) is 0 Å². The molecule has 0 bridgehead atoms. The molecule has 3 aromatic rings. The van der Waals surface area contributed by atoms with E-state index >= 15 is 0 Å². The Morgan fingerprint density at radius 1 is 1.11 bits per heavy atom. The van der Waals surface area contributed by atoms with Crippen LogP contribution in [0.3, 0.4) is 0 Å². The number of Topliss-reactive ketones (excluding diaryl/α,β-unsaturated/α-hetero) is 1. The zero-order valence-corrected chi connectivity index (χ0v) is 15.6. The third kappa shape index (κ3) is 4.29. The molecule has 28 heavy (non-hydrogen) atoms. The van der Waals surface area contributed by atoms with E-state index in [1.807, 2.05) is 19.9 Å². The number of aromatic nitrogens is 2. The first kappa shape index (κ1) is 19.0. The van der Waals surface area contributed by atoms with Crippen LogP contribution >= 0.6 is 0 Å². The van der Waals surface area contributed by atoms with E-state index in [1.54, 1.807) is 36.4 Å². The SMILES string of the molecule is CC(=O)c1cccc(Nc2ncnc(Oc3cc(C)cc(C)c3)c2[N+](=O)[O-])c1. The van der Waals surface area contributed by atoms with E-state index in [2.05, 4.69) is 15.3 Å². The summed E-state index contributed by atoms with van der Waals surface area (Å²) >= 11 is 0. The molecular formula is C20H18N4O4. The van der Waals surface area contributed by atoms with E-state index in [4.69, 9.17) is 4.74 Å². The zero-order chi connectivity index (χ0) is 20.3. The van der Waals surface area contributed by atoms with Crippen molar-refractivity contribution in [2.75, 3.05) is 5.32 Å². The van der Waals surface area contributed by atoms with Gasteiger partial charge in [0, 0.05) is 11.3 Å². The number of hydrogen-bond acceptors (Lipinski definition) is 7. The van der Waals surface area contributed by atoms with Gasteiger partial charge in [-0.2, -0.15) is 4.98 Å². The maximum atomic E-state index is 11.7. The average Bonchev–Trinajstić information content (AvgIpc) is 2.61. The van der Waals surface area contributed by atoms with E-state index in [1.165, 1.54) is 13.3 Å². The molecule has 142 valence electrons. The Kier molecular flexibility index (Phi) is 5.30. The Morgan fingerprint density at radius 2 is 1.82 bits per heavy atom. The highest BCUT2D eigenvalue weighted by atomic mass is 16.6. The normalized spacial score (nSPS) is 10.4. The monoisotopic (exact) mass is 378 g/mol. The Morgan fingerprint density at radius 3 is 2.46 bits per heavy atom. The minimum atomic E-state index is -0.602. The van der Waals surface area contributed by atoms with Gasteiger partial charge in [-0.05, 0) is 56.2 Å². The molecule has 0 radical (unpaired) electrons. The van der Waals surface area contributed by atoms with Gasteiger partial charge in [0.25, 0.3) is 0 Å². The Hall–Kier alpha value is -3.81. The van der Waals surface area contributed by atoms with Crippen LogP contribution < -0.4 is 10.1 Å². The second-order valence-corrected chi connectivity index (χ2v) is 6.32. The van der Waals surface area contributed by atoms with Gasteiger partial charge in [-0.15, -0.1) is 0 Å². The highest BCUT2D eigenvalue weighted by molar-refractivity contribution is 5.95. The summed E-state index contributed by atoms with van der Waals surface area (Å²) in [6.07, 6.45) is 1.18. The fraction of sp³-hybridized carbons (Fsp3) is 0.150. The number of anilines is 2. The molecule has 1 heterocycles. The van der Waals surface area contributed by atoms with Crippen LogP contribution in [-0.4, -0.2) is 20.7 Å². The van der Waals surface area contributed by atoms with Gasteiger partial charge in [-0.3, -0.25) is 14.9 Å². The van der Waals surface area contributed by atoms with E-state index < -0.39 is 10.6 Å². The molecule has 0 aliphatic heterocycles. The molecule has 3 rings (SSSR count). The summed E-state index contributed by atoms with van der Waals surface area (Å²) in [5, 5.41) is 14.6. The summed E-state index contributed by atoms with van der Waals surface area (Å²) in [6.45, 7) is 5.26. The summed E-state index contributed by atoms with van der Waals surface area (Å²) in [6, 6.07) is 12.1. The second kappa shape index (κ2) is 7.83. The molecule has 1 N–H and O–H groups in total. The number of carbonyl (C=O) groups excluding carboxylic acids is 1. The molecular weight excluding hydrogens is 360 g/mol. The lowest BCUT2D eigenvalue weighted by Gasteiger charge is -2.10. The van der Waals surface area contributed by atoms with Gasteiger partial charge in [0.2, 0.25) is 5.82 Å². The van der Waals surface area contributed by atoms with Crippen molar-refractivity contribution >= 4 is 23.0 Å². The number of carbonyl (C=O) groups is 1. The van der Waals surface area contributed by atoms with Crippen molar-refractivity contribution in [1.82, 2.24) is 9.97 Å². The number of ketones is 1. The van der Waals surface area contributed by atoms with Crippen LogP contribution in [-0.2, 0) is 0 Å². The molecule has 0 atom stereocenters. The number of nitro groups is 1. The van der Waals surface area contributed by atoms with E-state index in [0.717, 1.165) is 11.1 Å². The molecule has 0 aliphatic rings. The number of rotatable bonds is 6. The molecule has 0 unspecified atom stereocenters. The topological polar surface area (TPSA) is 107 Å². The minimum Gasteiger partial charge on any atom is -0.434 e. The van der Waals surface area contributed by atoms with Crippen LogP contribution in [0.15, 0.2) is 48.8 Å². The smallest absolute Gasteiger partial charge is 0.373 e. The lowest BCUT2D eigenvalue weighted by Crippen LogP contribution is -2.04. The van der Waals surface area contributed by atoms with Crippen LogP contribution in [0, 0.1) is 24.0 Å². The maximum Gasteiger partial charge on any atom is 0.373 e. The fourth-order valence-corrected chi connectivity index (χ4v) is 2.75. The second-order valence-electron chi connectivity index (χ2n) is 6.32. The maximum absolute atomic E-state index is 11.7. The van der Waals surface area contributed by atoms with E-state index in [9.17, 15) is 14.9 Å². The molecule has 0 saturated carbocycles. The number of nitrogens with zero attached hydrogens (tertiary/aromatic N) is 3. The average molecular weight is 378 g/mol. The van der Waals surface area contributed by atoms with Crippen molar-refractivity contribution in [3.05, 3.63) is 75.6 Å². The molecule has 0 saturated heterocycles. The molecule has 0 amide bonds. The van der Waals surface area contributed by atoms with Gasteiger partial charge in [0.05, 0.1) is 4.92 Å². The molecule has 1 aromatic heterocycles. The molecule has 8 heteroatoms. The highest BCUT2D eigenvalue weighted by Gasteiger charge is 2.25. The van der Waals surface area contributed by atoms with Crippen molar-refractivity contribution < 1.29 is 14.5 Å². The lowest BCUT2D eigenvalue weighted by molar-refractivity contribution is -0.385. The van der Waals surface area contributed by atoms with Gasteiger partial charge < -0.3 is 10.1 Å². The minimum absolute atomic E-state index is 0.0277. The van der Waals surface area contributed by atoms with Crippen LogP contribution in [0.5, 0.6) is 11.6 Å². The third-order valence-corrected chi connectivity index (χ3v) is 3.91. The van der Waals surface area contributed by atoms with E-state index in [0.29, 0.717) is 17.0 Å². The van der Waals surface area contributed by atoms with Gasteiger partial charge in [0.1, 0.15) is 12.1 Å². The molecule has 2 aromatic carbocycles. The summed E-state index contributed by atoms with van der Waals surface area (Å²) in [5.41, 5.74) is 2.51. The molecule has 0 aliphatic carbocycles. The number of aryl methyl sites for hydroxylation is 2. The Bertz CT molecular complexity index is 1050. The predicted octanol–water partition coefficient (Wildman–Crippen LogP) is 4.74. The summed E-state index contributed by atoms with van der Waals surface area (Å²) in [5.74, 6) is 0.138. The molecule has 0 spiro atoms. The Balaban J connectivity index is 1.99. The van der Waals surface area contributed by atoms with Crippen LogP contribution in [0.1, 0.15) is 28.4 Å². The van der Waals surface area contributed by atoms with Crippen molar-refractivity contribution in [2.45, 2.75) is 20.8 Å². The standard InChI is InChI=1S/C20H18N4O4/c1-12-7-13(2)9-17(8-12)28-20-18(24(26)27)19(21-11-22-20)23-16-6-4-5-15(10-16)14(3)25/h4-11H,1-3H3,(H,21,22,23). The number of nitrogens with one attached hydrogen (secondary N) is 1. The first-order valence-corrected chi connectivity index (χ1v) is 8.47. The quantitative estimate of drug-likeness (QED) is 0.375. The first-order valence-electron chi connectivity index (χ1n) is 8.47. The van der Waals surface area contributed by atoms with Gasteiger partial charge in [-0.1, -0.05) is 18.2 Å². The first-order chi connectivity index (χ1) is 13.3. The van der Waals surface area contributed by atoms with E-state index in [-0.39, 0.29) is 17.5 Å².